The van der Waals surface area contributed by atoms with E-state index in [1.165, 1.54) is 18.3 Å². The summed E-state index contributed by atoms with van der Waals surface area (Å²) < 4.78 is 0. The van der Waals surface area contributed by atoms with E-state index in [1.807, 2.05) is 0 Å². The minimum atomic E-state index is 0. The molecule has 0 nitrogen and oxygen atoms in total. The van der Waals surface area contributed by atoms with Crippen LogP contribution in [0.1, 0.15) is 0 Å². The van der Waals surface area contributed by atoms with Gasteiger partial charge >= 0.3 is 35.7 Å². The SMILES string of the molecule is Br.C#C[CH2][Zn]. The second kappa shape index (κ2) is 8.82. The molecule has 5 heavy (non-hydrogen) atoms. The standard InChI is InChI=1S/C3H3.BrH.Zn/c1-3-2;;/h1H,2H2;1H;. The van der Waals surface area contributed by atoms with Gasteiger partial charge in [-0.05, 0) is 0 Å². The van der Waals surface area contributed by atoms with Crippen LogP contribution in [0, 0.1) is 12.3 Å². The van der Waals surface area contributed by atoms with E-state index in [0.29, 0.717) is 0 Å². The van der Waals surface area contributed by atoms with Gasteiger partial charge in [0, 0.05) is 0 Å². The molecule has 0 N–H and O–H groups in total. The van der Waals surface area contributed by atoms with Gasteiger partial charge in [0.2, 0.25) is 0 Å². The van der Waals surface area contributed by atoms with Crippen LogP contribution in [0.25, 0.3) is 0 Å². The second-order valence-corrected chi connectivity index (χ2v) is 1.50. The predicted molar refractivity (Wildman–Crippen MR) is 24.0 cm³/mol. The molecule has 0 aliphatic heterocycles. The Morgan fingerprint density at radius 1 is 1.80 bits per heavy atom. The molecule has 0 heterocycles. The van der Waals surface area contributed by atoms with E-state index >= 15 is 0 Å². The van der Waals surface area contributed by atoms with Crippen molar-refractivity contribution in [1.82, 2.24) is 0 Å². The average Bonchev–Trinajstić information content (AvgIpc) is 1.37. The van der Waals surface area contributed by atoms with Crippen LogP contribution in [-0.2, 0) is 18.3 Å². The van der Waals surface area contributed by atoms with Crippen molar-refractivity contribution < 1.29 is 18.3 Å². The number of rotatable bonds is 0. The van der Waals surface area contributed by atoms with Crippen molar-refractivity contribution in [2.45, 2.75) is 5.02 Å². The van der Waals surface area contributed by atoms with Gasteiger partial charge in [-0.3, -0.25) is 0 Å². The monoisotopic (exact) mass is 183 g/mol. The Morgan fingerprint density at radius 3 is 2.00 bits per heavy atom. The summed E-state index contributed by atoms with van der Waals surface area (Å²) in [5.74, 6) is 2.49. The molecule has 0 bridgehead atoms. The molecular weight excluding hydrogens is 181 g/mol. The van der Waals surface area contributed by atoms with Crippen molar-refractivity contribution in [2.75, 3.05) is 0 Å². The topological polar surface area (TPSA) is 0 Å². The summed E-state index contributed by atoms with van der Waals surface area (Å²) in [5, 5.41) is 0.972. The number of terminal acetylenes is 1. The van der Waals surface area contributed by atoms with E-state index in [0.717, 1.165) is 5.02 Å². The third-order valence-electron chi connectivity index (χ3n) is 0.144. The fraction of sp³-hybridized carbons (Fsp3) is 0.333. The molecule has 0 aromatic heterocycles. The van der Waals surface area contributed by atoms with Crippen molar-refractivity contribution in [3.63, 3.8) is 0 Å². The fourth-order valence-electron chi connectivity index (χ4n) is 0. The first-order chi connectivity index (χ1) is 1.91. The van der Waals surface area contributed by atoms with Gasteiger partial charge in [0.05, 0.1) is 0 Å². The van der Waals surface area contributed by atoms with E-state index < -0.39 is 0 Å². The maximum absolute atomic E-state index is 4.81. The van der Waals surface area contributed by atoms with Crippen LogP contribution in [0.2, 0.25) is 5.02 Å². The molecule has 0 unspecified atom stereocenters. The number of hydrogen-bond acceptors (Lipinski definition) is 0. The van der Waals surface area contributed by atoms with E-state index in [-0.39, 0.29) is 17.0 Å². The van der Waals surface area contributed by atoms with E-state index in [9.17, 15) is 0 Å². The van der Waals surface area contributed by atoms with E-state index in [1.54, 1.807) is 0 Å². The molecular formula is C3H4BrZn. The van der Waals surface area contributed by atoms with Gasteiger partial charge in [-0.1, -0.05) is 0 Å². The Balaban J connectivity index is 0. The van der Waals surface area contributed by atoms with E-state index in [4.69, 9.17) is 6.42 Å². The molecule has 0 aromatic rings. The molecule has 0 saturated carbocycles. The summed E-state index contributed by atoms with van der Waals surface area (Å²) in [4.78, 5) is 0. The van der Waals surface area contributed by atoms with Crippen molar-refractivity contribution in [3.05, 3.63) is 0 Å². The molecule has 0 aromatic carbocycles. The molecule has 0 aliphatic rings. The van der Waals surface area contributed by atoms with Gasteiger partial charge in [-0.2, -0.15) is 0 Å². The number of hydrogen-bond donors (Lipinski definition) is 0. The van der Waals surface area contributed by atoms with Crippen molar-refractivity contribution in [1.29, 1.82) is 0 Å². The van der Waals surface area contributed by atoms with Crippen LogP contribution in [0.5, 0.6) is 0 Å². The fourth-order valence-corrected chi connectivity index (χ4v) is 0. The zero-order valence-corrected chi connectivity index (χ0v) is 7.58. The van der Waals surface area contributed by atoms with Crippen LogP contribution < -0.4 is 0 Å². The molecule has 0 atom stereocenters. The summed E-state index contributed by atoms with van der Waals surface area (Å²) in [7, 11) is 0. The normalized spacial score (nSPS) is 4.20. The molecule has 0 amide bonds. The van der Waals surface area contributed by atoms with Gasteiger partial charge in [0.25, 0.3) is 0 Å². The third-order valence-corrected chi connectivity index (χ3v) is 0.750. The van der Waals surface area contributed by atoms with Crippen molar-refractivity contribution >= 4 is 17.0 Å². The molecule has 0 rings (SSSR count). The Bertz CT molecular complexity index is 36.6. The zero-order valence-electron chi connectivity index (χ0n) is 2.90. The summed E-state index contributed by atoms with van der Waals surface area (Å²) in [6, 6.07) is 0. The maximum atomic E-state index is 4.81. The average molecular weight is 185 g/mol. The Kier molecular flexibility index (Phi) is 16.2. The van der Waals surface area contributed by atoms with Crippen LogP contribution in [-0.4, -0.2) is 0 Å². The van der Waals surface area contributed by atoms with Crippen LogP contribution in [0.15, 0.2) is 0 Å². The quantitative estimate of drug-likeness (QED) is 0.392. The summed E-state index contributed by atoms with van der Waals surface area (Å²) >= 11 is 1.23. The third kappa shape index (κ3) is 12.0. The molecule has 0 fully saturated rings. The molecule has 0 spiro atoms. The van der Waals surface area contributed by atoms with Crippen LogP contribution in [0.3, 0.4) is 0 Å². The first-order valence-electron chi connectivity index (χ1n) is 1.14. The van der Waals surface area contributed by atoms with E-state index in [2.05, 4.69) is 5.92 Å². The first-order valence-corrected chi connectivity index (χ1v) is 3.24. The first kappa shape index (κ1) is 9.18. The summed E-state index contributed by atoms with van der Waals surface area (Å²) in [6.07, 6.45) is 4.81. The Hall–Kier alpha value is 0.663. The molecule has 25 valence electrons. The Morgan fingerprint density at radius 2 is 2.00 bits per heavy atom. The molecule has 2 heteroatoms. The van der Waals surface area contributed by atoms with Crippen LogP contribution >= 0.6 is 17.0 Å². The Labute approximate surface area is 52.8 Å². The number of halogens is 1. The summed E-state index contributed by atoms with van der Waals surface area (Å²) in [6.45, 7) is 0. The van der Waals surface area contributed by atoms with Gasteiger partial charge in [-0.15, -0.1) is 17.0 Å². The van der Waals surface area contributed by atoms with Crippen molar-refractivity contribution in [2.24, 2.45) is 0 Å². The van der Waals surface area contributed by atoms with Gasteiger partial charge in [-0.25, -0.2) is 0 Å². The van der Waals surface area contributed by atoms with Gasteiger partial charge in [0.15, 0.2) is 0 Å². The van der Waals surface area contributed by atoms with Crippen molar-refractivity contribution in [3.8, 4) is 12.3 Å². The second-order valence-electron chi connectivity index (χ2n) is 0.454. The predicted octanol–water partition coefficient (Wildman–Crippen LogP) is 1.16. The van der Waals surface area contributed by atoms with Gasteiger partial charge < -0.3 is 0 Å². The molecule has 0 saturated heterocycles. The summed E-state index contributed by atoms with van der Waals surface area (Å²) in [5.41, 5.74) is 0. The van der Waals surface area contributed by atoms with Crippen LogP contribution in [0.4, 0.5) is 0 Å². The zero-order chi connectivity index (χ0) is 3.41. The molecule has 0 radical (unpaired) electrons. The minimum absolute atomic E-state index is 0. The van der Waals surface area contributed by atoms with Gasteiger partial charge in [0.1, 0.15) is 0 Å². The molecule has 0 aliphatic carbocycles.